The third-order valence-electron chi connectivity index (χ3n) is 3.85. The lowest BCUT2D eigenvalue weighted by Gasteiger charge is -2.27. The lowest BCUT2D eigenvalue weighted by atomic mass is 9.71. The molecule has 3 nitrogen and oxygen atoms in total. The molecular formula is C13H17BClNO2. The topological polar surface area (TPSA) is 21.7 Å². The quantitative estimate of drug-likeness (QED) is 0.776. The minimum atomic E-state index is 0.0833. The number of methoxy groups -OCH3 is 1. The smallest absolute Gasteiger partial charge is 0.413 e. The number of nitrogens with zero attached hydrogens (tertiary/aromatic N) is 1. The Kier molecular flexibility index (Phi) is 3.62. The van der Waals surface area contributed by atoms with Crippen molar-refractivity contribution in [1.29, 1.82) is 0 Å². The van der Waals surface area contributed by atoms with Crippen molar-refractivity contribution in [2.45, 2.75) is 25.5 Å². The second-order valence-corrected chi connectivity index (χ2v) is 5.43. The molecule has 1 fully saturated rings. The zero-order valence-electron chi connectivity index (χ0n) is 10.6. The summed E-state index contributed by atoms with van der Waals surface area (Å²) in [6.07, 6.45) is 2.41. The first-order valence-corrected chi connectivity index (χ1v) is 6.82. The van der Waals surface area contributed by atoms with Gasteiger partial charge >= 0.3 is 7.05 Å². The highest BCUT2D eigenvalue weighted by Gasteiger charge is 2.40. The van der Waals surface area contributed by atoms with Gasteiger partial charge in [-0.15, -0.1) is 0 Å². The van der Waals surface area contributed by atoms with Crippen molar-refractivity contribution < 1.29 is 9.39 Å². The number of hydrogen-bond donors (Lipinski definition) is 0. The molecule has 5 heteroatoms. The average molecular weight is 266 g/mol. The van der Waals surface area contributed by atoms with Crippen LogP contribution >= 0.6 is 11.6 Å². The van der Waals surface area contributed by atoms with Crippen molar-refractivity contribution in [2.75, 3.05) is 20.3 Å². The summed E-state index contributed by atoms with van der Waals surface area (Å²) in [5.74, 6) is 0. The summed E-state index contributed by atoms with van der Waals surface area (Å²) < 4.78 is 11.3. The molecule has 1 unspecified atom stereocenters. The van der Waals surface area contributed by atoms with Gasteiger partial charge in [-0.2, -0.15) is 0 Å². The molecule has 1 aromatic rings. The molecule has 0 spiro atoms. The molecule has 2 aliphatic rings. The van der Waals surface area contributed by atoms with Gasteiger partial charge in [-0.05, 0) is 42.5 Å². The largest absolute Gasteiger partial charge is 0.419 e. The number of hydrogen-bond acceptors (Lipinski definition) is 3. The standard InChI is InChI=1S/C13H17BClNO2/c1-17-9-12-3-2-6-16(12)14-13-5-4-11(15)7-10(13)8-18-14/h4-5,7,12H,2-3,6,8-9H2,1H3. The molecule has 0 amide bonds. The summed E-state index contributed by atoms with van der Waals surface area (Å²) in [6.45, 7) is 2.53. The third kappa shape index (κ3) is 2.18. The molecule has 1 atom stereocenters. The van der Waals surface area contributed by atoms with Gasteiger partial charge in [0.25, 0.3) is 0 Å². The van der Waals surface area contributed by atoms with Gasteiger partial charge in [-0.3, -0.25) is 0 Å². The highest BCUT2D eigenvalue weighted by molar-refractivity contribution is 6.66. The Morgan fingerprint density at radius 3 is 3.28 bits per heavy atom. The Labute approximate surface area is 113 Å². The van der Waals surface area contributed by atoms with Gasteiger partial charge in [0.2, 0.25) is 0 Å². The van der Waals surface area contributed by atoms with Crippen LogP contribution in [0.5, 0.6) is 0 Å². The lowest BCUT2D eigenvalue weighted by molar-refractivity contribution is 0.138. The molecule has 0 N–H and O–H groups in total. The van der Waals surface area contributed by atoms with E-state index in [1.165, 1.54) is 23.9 Å². The summed E-state index contributed by atoms with van der Waals surface area (Å²) in [5.41, 5.74) is 2.48. The van der Waals surface area contributed by atoms with Crippen LogP contribution in [0.1, 0.15) is 18.4 Å². The maximum Gasteiger partial charge on any atom is 0.419 e. The Morgan fingerprint density at radius 2 is 2.44 bits per heavy atom. The summed E-state index contributed by atoms with van der Waals surface area (Å²) in [7, 11) is 1.85. The summed E-state index contributed by atoms with van der Waals surface area (Å²) in [6, 6.07) is 6.53. The Balaban J connectivity index is 1.83. The van der Waals surface area contributed by atoms with Gasteiger partial charge in [0.15, 0.2) is 0 Å². The third-order valence-corrected chi connectivity index (χ3v) is 4.09. The predicted molar refractivity (Wildman–Crippen MR) is 73.2 cm³/mol. The summed E-state index contributed by atoms with van der Waals surface area (Å²) >= 11 is 6.02. The number of rotatable bonds is 3. The van der Waals surface area contributed by atoms with Crippen LogP contribution in [0.2, 0.25) is 5.02 Å². The fraction of sp³-hybridized carbons (Fsp3) is 0.538. The number of benzene rings is 1. The summed E-state index contributed by atoms with van der Waals surface area (Å²) in [4.78, 5) is 2.42. The van der Waals surface area contributed by atoms with E-state index in [0.717, 1.165) is 18.2 Å². The molecule has 0 aromatic heterocycles. The molecule has 96 valence electrons. The normalized spacial score (nSPS) is 23.7. The van der Waals surface area contributed by atoms with Crippen molar-refractivity contribution in [2.24, 2.45) is 0 Å². The molecule has 0 aliphatic carbocycles. The highest BCUT2D eigenvalue weighted by Crippen LogP contribution is 2.24. The molecule has 1 aromatic carbocycles. The average Bonchev–Trinajstić information content (AvgIpc) is 2.95. The zero-order valence-corrected chi connectivity index (χ0v) is 11.3. The minimum Gasteiger partial charge on any atom is -0.413 e. The Morgan fingerprint density at radius 1 is 1.56 bits per heavy atom. The van der Waals surface area contributed by atoms with Crippen LogP contribution < -0.4 is 5.46 Å². The number of fused-ring (bicyclic) bond motifs is 1. The fourth-order valence-electron chi connectivity index (χ4n) is 3.01. The molecule has 0 saturated carbocycles. The van der Waals surface area contributed by atoms with Crippen LogP contribution in [0.15, 0.2) is 18.2 Å². The van der Waals surface area contributed by atoms with E-state index in [4.69, 9.17) is 21.0 Å². The van der Waals surface area contributed by atoms with Gasteiger partial charge in [-0.1, -0.05) is 17.7 Å². The molecule has 1 saturated heterocycles. The van der Waals surface area contributed by atoms with Crippen LogP contribution in [0.25, 0.3) is 0 Å². The van der Waals surface area contributed by atoms with Crippen LogP contribution in [0, 0.1) is 0 Å². The second-order valence-electron chi connectivity index (χ2n) is 5.00. The minimum absolute atomic E-state index is 0.0833. The highest BCUT2D eigenvalue weighted by atomic mass is 35.5. The Hall–Kier alpha value is -0.545. The molecule has 2 aliphatic heterocycles. The molecular weight excluding hydrogens is 248 g/mol. The first kappa shape index (κ1) is 12.5. The van der Waals surface area contributed by atoms with E-state index in [1.807, 2.05) is 12.1 Å². The maximum atomic E-state index is 6.02. The van der Waals surface area contributed by atoms with E-state index in [1.54, 1.807) is 7.11 Å². The van der Waals surface area contributed by atoms with E-state index >= 15 is 0 Å². The number of ether oxygens (including phenoxy) is 1. The van der Waals surface area contributed by atoms with Crippen LogP contribution in [0.3, 0.4) is 0 Å². The first-order chi connectivity index (χ1) is 8.79. The van der Waals surface area contributed by atoms with Crippen LogP contribution in [0.4, 0.5) is 0 Å². The SMILES string of the molecule is COCC1CCCN1B1OCc2cc(Cl)ccc21. The van der Waals surface area contributed by atoms with E-state index < -0.39 is 0 Å². The van der Waals surface area contributed by atoms with E-state index in [2.05, 4.69) is 10.9 Å². The van der Waals surface area contributed by atoms with Gasteiger partial charge in [0, 0.05) is 18.2 Å². The van der Waals surface area contributed by atoms with Crippen molar-refractivity contribution in [3.8, 4) is 0 Å². The van der Waals surface area contributed by atoms with Gasteiger partial charge < -0.3 is 14.2 Å². The summed E-state index contributed by atoms with van der Waals surface area (Å²) in [5, 5.41) is 0.785. The van der Waals surface area contributed by atoms with Crippen molar-refractivity contribution >= 4 is 24.1 Å². The van der Waals surface area contributed by atoms with E-state index in [9.17, 15) is 0 Å². The second kappa shape index (κ2) is 5.21. The molecule has 2 heterocycles. The number of halogens is 1. The molecule has 0 bridgehead atoms. The van der Waals surface area contributed by atoms with E-state index in [0.29, 0.717) is 12.6 Å². The Bertz CT molecular complexity index is 443. The zero-order chi connectivity index (χ0) is 12.5. The maximum absolute atomic E-state index is 6.02. The van der Waals surface area contributed by atoms with Crippen LogP contribution in [-0.2, 0) is 16.0 Å². The van der Waals surface area contributed by atoms with Gasteiger partial charge in [0.1, 0.15) is 0 Å². The first-order valence-electron chi connectivity index (χ1n) is 6.44. The van der Waals surface area contributed by atoms with Crippen molar-refractivity contribution in [3.63, 3.8) is 0 Å². The van der Waals surface area contributed by atoms with Gasteiger partial charge in [-0.25, -0.2) is 0 Å². The molecule has 0 radical (unpaired) electrons. The van der Waals surface area contributed by atoms with Crippen molar-refractivity contribution in [3.05, 3.63) is 28.8 Å². The van der Waals surface area contributed by atoms with Gasteiger partial charge in [0.05, 0.1) is 13.2 Å². The van der Waals surface area contributed by atoms with E-state index in [-0.39, 0.29) is 7.05 Å². The predicted octanol–water partition coefficient (Wildman–Crippen LogP) is 1.68. The van der Waals surface area contributed by atoms with Crippen molar-refractivity contribution in [1.82, 2.24) is 4.81 Å². The monoisotopic (exact) mass is 265 g/mol. The molecule has 3 rings (SSSR count). The van der Waals surface area contributed by atoms with Crippen LogP contribution in [-0.4, -0.2) is 38.2 Å². The molecule has 18 heavy (non-hydrogen) atoms. The lowest BCUT2D eigenvalue weighted by Crippen LogP contribution is -2.51. The fourth-order valence-corrected chi connectivity index (χ4v) is 3.21.